The predicted molar refractivity (Wildman–Crippen MR) is 104 cm³/mol. The summed E-state index contributed by atoms with van der Waals surface area (Å²) in [4.78, 5) is 5.14. The van der Waals surface area contributed by atoms with E-state index in [0.717, 1.165) is 45.9 Å². The highest BCUT2D eigenvalue weighted by atomic mass is 16.5. The van der Waals surface area contributed by atoms with Crippen LogP contribution >= 0.6 is 0 Å². The molecular formula is C22H30N2O. The Morgan fingerprint density at radius 3 is 2.16 bits per heavy atom. The largest absolute Gasteiger partial charge is 0.380 e. The van der Waals surface area contributed by atoms with Gasteiger partial charge in [0.05, 0.1) is 12.6 Å². The molecular weight excluding hydrogens is 308 g/mol. The van der Waals surface area contributed by atoms with E-state index < -0.39 is 0 Å². The summed E-state index contributed by atoms with van der Waals surface area (Å²) >= 11 is 0. The quantitative estimate of drug-likeness (QED) is 0.715. The third-order valence-corrected chi connectivity index (χ3v) is 5.04. The van der Waals surface area contributed by atoms with Gasteiger partial charge in [0, 0.05) is 39.3 Å². The third-order valence-electron chi connectivity index (χ3n) is 5.04. The highest BCUT2D eigenvalue weighted by molar-refractivity contribution is 5.33. The van der Waals surface area contributed by atoms with Crippen molar-refractivity contribution in [2.45, 2.75) is 19.9 Å². The van der Waals surface area contributed by atoms with Crippen molar-refractivity contribution >= 4 is 0 Å². The summed E-state index contributed by atoms with van der Waals surface area (Å²) in [5.74, 6) is 0. The molecule has 1 unspecified atom stereocenters. The maximum absolute atomic E-state index is 5.51. The molecule has 1 saturated heterocycles. The Balaban J connectivity index is 1.72. The van der Waals surface area contributed by atoms with E-state index in [1.54, 1.807) is 0 Å². The van der Waals surface area contributed by atoms with Gasteiger partial charge in [0.25, 0.3) is 0 Å². The van der Waals surface area contributed by atoms with Crippen LogP contribution in [0.3, 0.4) is 0 Å². The topological polar surface area (TPSA) is 15.7 Å². The van der Waals surface area contributed by atoms with Crippen molar-refractivity contribution in [2.24, 2.45) is 0 Å². The van der Waals surface area contributed by atoms with Gasteiger partial charge in [-0.3, -0.25) is 9.80 Å². The van der Waals surface area contributed by atoms with E-state index in [4.69, 9.17) is 4.74 Å². The zero-order valence-corrected chi connectivity index (χ0v) is 15.5. The van der Waals surface area contributed by atoms with Crippen LogP contribution in [0.25, 0.3) is 0 Å². The molecule has 25 heavy (non-hydrogen) atoms. The van der Waals surface area contributed by atoms with Crippen molar-refractivity contribution in [2.75, 3.05) is 45.9 Å². The number of rotatable bonds is 7. The first-order chi connectivity index (χ1) is 12.3. The molecule has 1 heterocycles. The van der Waals surface area contributed by atoms with Gasteiger partial charge in [0.1, 0.15) is 0 Å². The zero-order chi connectivity index (χ0) is 17.5. The molecule has 1 aliphatic heterocycles. The van der Waals surface area contributed by atoms with Crippen molar-refractivity contribution in [1.82, 2.24) is 9.80 Å². The maximum Gasteiger partial charge on any atom is 0.0602 e. The molecule has 2 aromatic rings. The number of ether oxygens (including phenoxy) is 1. The van der Waals surface area contributed by atoms with Crippen molar-refractivity contribution in [3.05, 3.63) is 71.3 Å². The average Bonchev–Trinajstić information content (AvgIpc) is 2.66. The second-order valence-corrected chi connectivity index (χ2v) is 6.80. The lowest BCUT2D eigenvalue weighted by Gasteiger charge is -2.39. The molecule has 0 aliphatic carbocycles. The fourth-order valence-electron chi connectivity index (χ4n) is 3.58. The zero-order valence-electron chi connectivity index (χ0n) is 15.5. The molecule has 0 saturated carbocycles. The average molecular weight is 338 g/mol. The minimum Gasteiger partial charge on any atom is -0.380 e. The van der Waals surface area contributed by atoms with Crippen LogP contribution in [0.15, 0.2) is 54.6 Å². The second kappa shape index (κ2) is 9.14. The van der Waals surface area contributed by atoms with Gasteiger partial charge in [-0.2, -0.15) is 0 Å². The Hall–Kier alpha value is -1.68. The number of aryl methyl sites for hydroxylation is 1. The molecule has 2 aromatic carbocycles. The van der Waals surface area contributed by atoms with Gasteiger partial charge in [0.2, 0.25) is 0 Å². The van der Waals surface area contributed by atoms with Crippen LogP contribution in [0.2, 0.25) is 0 Å². The summed E-state index contributed by atoms with van der Waals surface area (Å²) in [5.41, 5.74) is 4.09. The fourth-order valence-corrected chi connectivity index (χ4v) is 3.58. The molecule has 134 valence electrons. The van der Waals surface area contributed by atoms with Crippen LogP contribution in [0, 0.1) is 6.92 Å². The van der Waals surface area contributed by atoms with E-state index in [0.29, 0.717) is 6.04 Å². The Morgan fingerprint density at radius 1 is 0.880 bits per heavy atom. The molecule has 0 bridgehead atoms. The SMILES string of the molecule is CCOCCN1CCN(C(c2ccccc2)c2ccc(C)cc2)CC1. The molecule has 3 nitrogen and oxygen atoms in total. The van der Waals surface area contributed by atoms with E-state index in [1.165, 1.54) is 16.7 Å². The maximum atomic E-state index is 5.51. The normalized spacial score (nSPS) is 17.5. The molecule has 0 radical (unpaired) electrons. The van der Waals surface area contributed by atoms with Crippen molar-refractivity contribution in [1.29, 1.82) is 0 Å². The lowest BCUT2D eigenvalue weighted by atomic mass is 9.95. The molecule has 1 aliphatic rings. The molecule has 0 spiro atoms. The molecule has 0 amide bonds. The van der Waals surface area contributed by atoms with Gasteiger partial charge >= 0.3 is 0 Å². The molecule has 1 atom stereocenters. The number of nitrogens with zero attached hydrogens (tertiary/aromatic N) is 2. The first-order valence-electron chi connectivity index (χ1n) is 9.43. The van der Waals surface area contributed by atoms with Crippen molar-refractivity contribution < 1.29 is 4.74 Å². The van der Waals surface area contributed by atoms with E-state index in [2.05, 4.69) is 78.2 Å². The Bertz CT molecular complexity index is 618. The summed E-state index contributed by atoms with van der Waals surface area (Å²) < 4.78 is 5.51. The number of benzene rings is 2. The van der Waals surface area contributed by atoms with E-state index >= 15 is 0 Å². The molecule has 0 aromatic heterocycles. The predicted octanol–water partition coefficient (Wildman–Crippen LogP) is 3.74. The lowest BCUT2D eigenvalue weighted by molar-refractivity contribution is 0.0709. The lowest BCUT2D eigenvalue weighted by Crippen LogP contribution is -2.48. The fraction of sp³-hybridized carbons (Fsp3) is 0.455. The van der Waals surface area contributed by atoms with Gasteiger partial charge < -0.3 is 4.74 Å². The number of piperazine rings is 1. The smallest absolute Gasteiger partial charge is 0.0602 e. The van der Waals surface area contributed by atoms with Crippen LogP contribution < -0.4 is 0 Å². The van der Waals surface area contributed by atoms with Crippen LogP contribution in [0.1, 0.15) is 29.7 Å². The Morgan fingerprint density at radius 2 is 1.52 bits per heavy atom. The highest BCUT2D eigenvalue weighted by Crippen LogP contribution is 2.29. The minimum atomic E-state index is 0.343. The van der Waals surface area contributed by atoms with E-state index in [1.807, 2.05) is 0 Å². The van der Waals surface area contributed by atoms with Crippen molar-refractivity contribution in [3.8, 4) is 0 Å². The van der Waals surface area contributed by atoms with Gasteiger partial charge in [0.15, 0.2) is 0 Å². The molecule has 3 heteroatoms. The van der Waals surface area contributed by atoms with E-state index in [9.17, 15) is 0 Å². The monoisotopic (exact) mass is 338 g/mol. The molecule has 0 N–H and O–H groups in total. The summed E-state index contributed by atoms with van der Waals surface area (Å²) in [6.07, 6.45) is 0. The number of hydrogen-bond acceptors (Lipinski definition) is 3. The summed E-state index contributed by atoms with van der Waals surface area (Å²) in [7, 11) is 0. The van der Waals surface area contributed by atoms with Crippen LogP contribution in [-0.2, 0) is 4.74 Å². The second-order valence-electron chi connectivity index (χ2n) is 6.80. The first-order valence-corrected chi connectivity index (χ1v) is 9.43. The standard InChI is InChI=1S/C22H30N2O/c1-3-25-18-17-23-13-15-24(16-14-23)22(20-7-5-4-6-8-20)21-11-9-19(2)10-12-21/h4-12,22H,3,13-18H2,1-2H3. The van der Waals surface area contributed by atoms with E-state index in [-0.39, 0.29) is 0 Å². The van der Waals surface area contributed by atoms with Gasteiger partial charge in [-0.15, -0.1) is 0 Å². The Labute approximate surface area is 152 Å². The minimum absolute atomic E-state index is 0.343. The summed E-state index contributed by atoms with van der Waals surface area (Å²) in [6.45, 7) is 11.3. The summed E-state index contributed by atoms with van der Waals surface area (Å²) in [6, 6.07) is 20.3. The van der Waals surface area contributed by atoms with Gasteiger partial charge in [-0.1, -0.05) is 60.2 Å². The van der Waals surface area contributed by atoms with Gasteiger partial charge in [-0.05, 0) is 25.0 Å². The first kappa shape index (κ1) is 18.1. The molecule has 1 fully saturated rings. The van der Waals surface area contributed by atoms with Crippen LogP contribution in [0.4, 0.5) is 0 Å². The Kier molecular flexibility index (Phi) is 6.62. The van der Waals surface area contributed by atoms with Crippen molar-refractivity contribution in [3.63, 3.8) is 0 Å². The van der Waals surface area contributed by atoms with Gasteiger partial charge in [-0.25, -0.2) is 0 Å². The highest BCUT2D eigenvalue weighted by Gasteiger charge is 2.26. The van der Waals surface area contributed by atoms with Crippen LogP contribution in [0.5, 0.6) is 0 Å². The number of hydrogen-bond donors (Lipinski definition) is 0. The molecule has 3 rings (SSSR count). The third kappa shape index (κ3) is 4.91. The van der Waals surface area contributed by atoms with Crippen LogP contribution in [-0.4, -0.2) is 55.7 Å². The summed E-state index contributed by atoms with van der Waals surface area (Å²) in [5, 5.41) is 0.